The van der Waals surface area contributed by atoms with Crippen LogP contribution in [0.1, 0.15) is 25.0 Å². The molecular formula is C19H19NO3. The zero-order valence-electron chi connectivity index (χ0n) is 13.4. The predicted molar refractivity (Wildman–Crippen MR) is 88.6 cm³/mol. The fourth-order valence-electron chi connectivity index (χ4n) is 2.85. The highest BCUT2D eigenvalue weighted by Gasteiger charge is 2.50. The predicted octanol–water partition coefficient (Wildman–Crippen LogP) is 3.55. The number of hydrogen-bond acceptors (Lipinski definition) is 4. The number of benzene rings is 2. The van der Waals surface area contributed by atoms with E-state index < -0.39 is 5.54 Å². The van der Waals surface area contributed by atoms with Gasteiger partial charge in [0.1, 0.15) is 5.75 Å². The quantitative estimate of drug-likeness (QED) is 0.812. The summed E-state index contributed by atoms with van der Waals surface area (Å²) in [5.74, 6) is 0.673. The molecule has 0 saturated carbocycles. The number of rotatable bonds is 4. The van der Waals surface area contributed by atoms with Crippen LogP contribution in [-0.4, -0.2) is 19.0 Å². The Morgan fingerprint density at radius 2 is 1.83 bits per heavy atom. The Labute approximate surface area is 135 Å². The zero-order valence-corrected chi connectivity index (χ0v) is 13.4. The van der Waals surface area contributed by atoms with Gasteiger partial charge in [-0.2, -0.15) is 0 Å². The molecule has 0 aliphatic carbocycles. The van der Waals surface area contributed by atoms with Crippen LogP contribution in [0.3, 0.4) is 0 Å². The van der Waals surface area contributed by atoms with Gasteiger partial charge >= 0.3 is 5.97 Å². The molecular weight excluding hydrogens is 290 g/mol. The summed E-state index contributed by atoms with van der Waals surface area (Å²) in [7, 11) is 1.60. The maximum absolute atomic E-state index is 12.7. The van der Waals surface area contributed by atoms with Gasteiger partial charge in [0.2, 0.25) is 5.90 Å². The molecule has 1 aliphatic rings. The standard InChI is InChI=1S/C19H19NO3/c1-13(2)19(15-9-5-4-6-10-15)18(21)23-17(20-19)14-8-7-11-16(12-14)22-3/h4-13H,1-3H3/t19-/m1/s1. The lowest BCUT2D eigenvalue weighted by Gasteiger charge is -2.26. The summed E-state index contributed by atoms with van der Waals surface area (Å²) in [5, 5.41) is 0. The third-order valence-electron chi connectivity index (χ3n) is 4.14. The number of methoxy groups -OCH3 is 1. The fourth-order valence-corrected chi connectivity index (χ4v) is 2.85. The van der Waals surface area contributed by atoms with Crippen molar-refractivity contribution in [2.45, 2.75) is 19.4 Å². The van der Waals surface area contributed by atoms with E-state index in [1.54, 1.807) is 7.11 Å². The van der Waals surface area contributed by atoms with Gasteiger partial charge in [0.05, 0.1) is 7.11 Å². The Morgan fingerprint density at radius 3 is 2.48 bits per heavy atom. The van der Waals surface area contributed by atoms with Gasteiger partial charge in [-0.3, -0.25) is 0 Å². The van der Waals surface area contributed by atoms with Crippen LogP contribution in [0.15, 0.2) is 59.6 Å². The van der Waals surface area contributed by atoms with Gasteiger partial charge in [-0.05, 0) is 29.7 Å². The van der Waals surface area contributed by atoms with Crippen molar-refractivity contribution in [3.8, 4) is 5.75 Å². The maximum atomic E-state index is 12.7. The first kappa shape index (κ1) is 15.3. The SMILES string of the molecule is COc1cccc(C2=N[C@@](c3ccccc3)(C(C)C)C(=O)O2)c1. The summed E-state index contributed by atoms with van der Waals surface area (Å²) in [4.78, 5) is 17.4. The van der Waals surface area contributed by atoms with Gasteiger partial charge in [0.25, 0.3) is 0 Å². The van der Waals surface area contributed by atoms with E-state index in [0.29, 0.717) is 11.6 Å². The molecule has 1 atom stereocenters. The molecule has 2 aromatic carbocycles. The van der Waals surface area contributed by atoms with Crippen molar-refractivity contribution >= 4 is 11.9 Å². The minimum Gasteiger partial charge on any atom is -0.497 e. The van der Waals surface area contributed by atoms with Crippen molar-refractivity contribution in [2.24, 2.45) is 10.9 Å². The summed E-state index contributed by atoms with van der Waals surface area (Å²) in [6.45, 7) is 3.96. The molecule has 0 N–H and O–H groups in total. The number of carbonyl (C=O) groups is 1. The van der Waals surface area contributed by atoms with Crippen LogP contribution in [0.5, 0.6) is 5.75 Å². The lowest BCUT2D eigenvalue weighted by molar-refractivity contribution is -0.141. The van der Waals surface area contributed by atoms with E-state index >= 15 is 0 Å². The second kappa shape index (κ2) is 5.88. The van der Waals surface area contributed by atoms with Crippen molar-refractivity contribution in [3.63, 3.8) is 0 Å². The van der Waals surface area contributed by atoms with Crippen molar-refractivity contribution in [3.05, 3.63) is 65.7 Å². The first-order chi connectivity index (χ1) is 11.1. The van der Waals surface area contributed by atoms with E-state index in [4.69, 9.17) is 14.5 Å². The number of esters is 1. The van der Waals surface area contributed by atoms with E-state index in [2.05, 4.69) is 0 Å². The van der Waals surface area contributed by atoms with E-state index in [-0.39, 0.29) is 11.9 Å². The van der Waals surface area contributed by atoms with Crippen LogP contribution in [0, 0.1) is 5.92 Å². The number of aliphatic imine (C=N–C) groups is 1. The van der Waals surface area contributed by atoms with Crippen LogP contribution in [0.2, 0.25) is 0 Å². The molecule has 0 bridgehead atoms. The maximum Gasteiger partial charge on any atom is 0.345 e. The van der Waals surface area contributed by atoms with Gasteiger partial charge in [-0.1, -0.05) is 50.2 Å². The Balaban J connectivity index is 2.11. The minimum absolute atomic E-state index is 0.0273. The Kier molecular flexibility index (Phi) is 3.90. The average Bonchev–Trinajstić information content (AvgIpc) is 2.94. The van der Waals surface area contributed by atoms with Crippen LogP contribution >= 0.6 is 0 Å². The van der Waals surface area contributed by atoms with Crippen LogP contribution in [0.4, 0.5) is 0 Å². The topological polar surface area (TPSA) is 47.9 Å². The molecule has 0 aromatic heterocycles. The molecule has 0 amide bonds. The van der Waals surface area contributed by atoms with Crippen LogP contribution in [-0.2, 0) is 15.1 Å². The number of nitrogens with zero attached hydrogens (tertiary/aromatic N) is 1. The Bertz CT molecular complexity index is 752. The van der Waals surface area contributed by atoms with Gasteiger partial charge in [-0.15, -0.1) is 0 Å². The third-order valence-corrected chi connectivity index (χ3v) is 4.14. The highest BCUT2D eigenvalue weighted by atomic mass is 16.6. The first-order valence-corrected chi connectivity index (χ1v) is 7.60. The normalized spacial score (nSPS) is 20.3. The molecule has 118 valence electrons. The van der Waals surface area contributed by atoms with Gasteiger partial charge < -0.3 is 9.47 Å². The van der Waals surface area contributed by atoms with Crippen molar-refractivity contribution in [1.82, 2.24) is 0 Å². The summed E-state index contributed by atoms with van der Waals surface area (Å²) in [6.07, 6.45) is 0. The molecule has 3 rings (SSSR count). The summed E-state index contributed by atoms with van der Waals surface area (Å²) < 4.78 is 10.8. The second-order valence-corrected chi connectivity index (χ2v) is 5.83. The minimum atomic E-state index is -1.00. The van der Waals surface area contributed by atoms with Crippen molar-refractivity contribution in [2.75, 3.05) is 7.11 Å². The number of cyclic esters (lactones) is 1. The fraction of sp³-hybridized carbons (Fsp3) is 0.263. The molecule has 0 radical (unpaired) electrons. The molecule has 0 unspecified atom stereocenters. The molecule has 2 aromatic rings. The summed E-state index contributed by atoms with van der Waals surface area (Å²) in [6, 6.07) is 16.9. The lowest BCUT2D eigenvalue weighted by atomic mass is 9.81. The monoisotopic (exact) mass is 309 g/mol. The van der Waals surface area contributed by atoms with Gasteiger partial charge in [-0.25, -0.2) is 9.79 Å². The van der Waals surface area contributed by atoms with E-state index in [9.17, 15) is 4.79 Å². The largest absolute Gasteiger partial charge is 0.497 e. The van der Waals surface area contributed by atoms with E-state index in [0.717, 1.165) is 11.1 Å². The highest BCUT2D eigenvalue weighted by molar-refractivity contribution is 6.08. The van der Waals surface area contributed by atoms with Gasteiger partial charge in [0, 0.05) is 5.56 Å². The van der Waals surface area contributed by atoms with Crippen molar-refractivity contribution < 1.29 is 14.3 Å². The van der Waals surface area contributed by atoms with Crippen LogP contribution in [0.25, 0.3) is 0 Å². The number of carbonyl (C=O) groups excluding carboxylic acids is 1. The Hall–Kier alpha value is -2.62. The van der Waals surface area contributed by atoms with Crippen molar-refractivity contribution in [1.29, 1.82) is 0 Å². The lowest BCUT2D eigenvalue weighted by Crippen LogP contribution is -2.36. The third kappa shape index (κ3) is 2.50. The summed E-state index contributed by atoms with van der Waals surface area (Å²) >= 11 is 0. The molecule has 0 fully saturated rings. The smallest absolute Gasteiger partial charge is 0.345 e. The van der Waals surface area contributed by atoms with E-state index in [1.165, 1.54) is 0 Å². The average molecular weight is 309 g/mol. The first-order valence-electron chi connectivity index (χ1n) is 7.60. The highest BCUT2D eigenvalue weighted by Crippen LogP contribution is 2.40. The zero-order chi connectivity index (χ0) is 16.4. The molecule has 4 heteroatoms. The molecule has 1 heterocycles. The molecule has 1 aliphatic heterocycles. The second-order valence-electron chi connectivity index (χ2n) is 5.83. The number of hydrogen-bond donors (Lipinski definition) is 0. The molecule has 4 nitrogen and oxygen atoms in total. The number of ether oxygens (including phenoxy) is 2. The van der Waals surface area contributed by atoms with Gasteiger partial charge in [0.15, 0.2) is 5.54 Å². The van der Waals surface area contributed by atoms with Crippen LogP contribution < -0.4 is 4.74 Å². The Morgan fingerprint density at radius 1 is 1.09 bits per heavy atom. The molecule has 23 heavy (non-hydrogen) atoms. The molecule has 0 saturated heterocycles. The summed E-state index contributed by atoms with van der Waals surface area (Å²) in [5.41, 5.74) is 0.577. The molecule has 0 spiro atoms. The van der Waals surface area contributed by atoms with E-state index in [1.807, 2.05) is 68.4 Å².